The van der Waals surface area contributed by atoms with Gasteiger partial charge in [0.2, 0.25) is 11.8 Å². The lowest BCUT2D eigenvalue weighted by Gasteiger charge is -2.16. The average molecular weight is 353 g/mol. The standard InChI is InChI=1S/C19H19N3O4/c1-26-16-8-6-15(7-9-16)22-12-14(10-18(22)24)19(25)21-20-11-13-4-2-3-5-17(13)23/h2-9,11,14,23H,10,12H2,1H3,(H,21,25)/b20-11-/t14-/m0/s1. The monoisotopic (exact) mass is 353 g/mol. The van der Waals surface area contributed by atoms with Crippen molar-refractivity contribution >= 4 is 23.7 Å². The van der Waals surface area contributed by atoms with Crippen LogP contribution in [0.3, 0.4) is 0 Å². The highest BCUT2D eigenvalue weighted by Gasteiger charge is 2.35. The predicted molar refractivity (Wildman–Crippen MR) is 97.3 cm³/mol. The van der Waals surface area contributed by atoms with Crippen molar-refractivity contribution in [1.82, 2.24) is 5.43 Å². The van der Waals surface area contributed by atoms with E-state index in [2.05, 4.69) is 10.5 Å². The Morgan fingerprint density at radius 2 is 2.00 bits per heavy atom. The van der Waals surface area contributed by atoms with E-state index in [0.717, 1.165) is 5.69 Å². The average Bonchev–Trinajstić information content (AvgIpc) is 3.05. The minimum Gasteiger partial charge on any atom is -0.507 e. The molecule has 0 bridgehead atoms. The minimum absolute atomic E-state index is 0.0761. The number of phenolic OH excluding ortho intramolecular Hbond substituents is 1. The van der Waals surface area contributed by atoms with Gasteiger partial charge in [0.15, 0.2) is 0 Å². The van der Waals surface area contributed by atoms with Crippen molar-refractivity contribution in [3.8, 4) is 11.5 Å². The number of nitrogens with zero attached hydrogens (tertiary/aromatic N) is 2. The number of nitrogens with one attached hydrogen (secondary N) is 1. The molecule has 1 atom stereocenters. The Labute approximate surface area is 150 Å². The van der Waals surface area contributed by atoms with Gasteiger partial charge in [-0.05, 0) is 36.4 Å². The van der Waals surface area contributed by atoms with Gasteiger partial charge in [-0.1, -0.05) is 12.1 Å². The largest absolute Gasteiger partial charge is 0.507 e. The zero-order valence-electron chi connectivity index (χ0n) is 14.3. The summed E-state index contributed by atoms with van der Waals surface area (Å²) in [7, 11) is 1.58. The maximum absolute atomic E-state index is 12.3. The fraction of sp³-hybridized carbons (Fsp3) is 0.211. The first-order chi connectivity index (χ1) is 12.6. The molecule has 134 valence electrons. The Hall–Kier alpha value is -3.35. The Morgan fingerprint density at radius 3 is 2.69 bits per heavy atom. The van der Waals surface area contributed by atoms with Crippen molar-refractivity contribution in [2.45, 2.75) is 6.42 Å². The second-order valence-electron chi connectivity index (χ2n) is 5.90. The summed E-state index contributed by atoms with van der Waals surface area (Å²) >= 11 is 0. The van der Waals surface area contributed by atoms with Gasteiger partial charge in [0.05, 0.1) is 19.2 Å². The molecule has 7 nitrogen and oxygen atoms in total. The molecule has 2 N–H and O–H groups in total. The first kappa shape index (κ1) is 17.5. The summed E-state index contributed by atoms with van der Waals surface area (Å²) < 4.78 is 5.11. The molecule has 7 heteroatoms. The number of aromatic hydroxyl groups is 1. The van der Waals surface area contributed by atoms with E-state index in [9.17, 15) is 14.7 Å². The van der Waals surface area contributed by atoms with Crippen LogP contribution in [0, 0.1) is 5.92 Å². The number of carbonyl (C=O) groups excluding carboxylic acids is 2. The molecule has 1 saturated heterocycles. The van der Waals surface area contributed by atoms with Crippen molar-refractivity contribution < 1.29 is 19.4 Å². The Kier molecular flexibility index (Phi) is 5.17. The molecule has 0 radical (unpaired) electrons. The second kappa shape index (κ2) is 7.69. The number of ether oxygens (including phenoxy) is 1. The van der Waals surface area contributed by atoms with Crippen molar-refractivity contribution in [2.75, 3.05) is 18.6 Å². The second-order valence-corrected chi connectivity index (χ2v) is 5.90. The van der Waals surface area contributed by atoms with E-state index < -0.39 is 5.92 Å². The van der Waals surface area contributed by atoms with E-state index in [1.807, 2.05) is 0 Å². The van der Waals surface area contributed by atoms with Crippen molar-refractivity contribution in [3.05, 3.63) is 54.1 Å². The van der Waals surface area contributed by atoms with E-state index in [-0.39, 0.29) is 24.0 Å². The predicted octanol–water partition coefficient (Wildman–Crippen LogP) is 1.90. The number of hydrogen-bond acceptors (Lipinski definition) is 5. The summed E-state index contributed by atoms with van der Waals surface area (Å²) in [5.74, 6) is -0.146. The van der Waals surface area contributed by atoms with Crippen LogP contribution in [0.15, 0.2) is 53.6 Å². The van der Waals surface area contributed by atoms with Crippen LogP contribution in [0.2, 0.25) is 0 Å². The van der Waals surface area contributed by atoms with Crippen LogP contribution < -0.4 is 15.1 Å². The van der Waals surface area contributed by atoms with Crippen LogP contribution in [-0.2, 0) is 9.59 Å². The van der Waals surface area contributed by atoms with Crippen LogP contribution in [0.25, 0.3) is 0 Å². The van der Waals surface area contributed by atoms with Gasteiger partial charge < -0.3 is 14.7 Å². The van der Waals surface area contributed by atoms with Crippen molar-refractivity contribution in [2.24, 2.45) is 11.0 Å². The smallest absolute Gasteiger partial charge is 0.245 e. The van der Waals surface area contributed by atoms with Gasteiger partial charge in [-0.15, -0.1) is 0 Å². The Bertz CT molecular complexity index is 833. The molecule has 0 saturated carbocycles. The number of methoxy groups -OCH3 is 1. The fourth-order valence-corrected chi connectivity index (χ4v) is 2.75. The number of hydrazone groups is 1. The molecule has 2 aromatic carbocycles. The summed E-state index contributed by atoms with van der Waals surface area (Å²) in [6.45, 7) is 0.295. The van der Waals surface area contributed by atoms with Gasteiger partial charge >= 0.3 is 0 Å². The van der Waals surface area contributed by atoms with Gasteiger partial charge in [0, 0.05) is 24.2 Å². The van der Waals surface area contributed by atoms with Gasteiger partial charge in [-0.2, -0.15) is 5.10 Å². The van der Waals surface area contributed by atoms with Crippen LogP contribution >= 0.6 is 0 Å². The third kappa shape index (κ3) is 3.83. The fourth-order valence-electron chi connectivity index (χ4n) is 2.75. The molecule has 1 fully saturated rings. The van der Waals surface area contributed by atoms with E-state index >= 15 is 0 Å². The van der Waals surface area contributed by atoms with E-state index in [0.29, 0.717) is 17.9 Å². The van der Waals surface area contributed by atoms with Gasteiger partial charge in [0.1, 0.15) is 11.5 Å². The summed E-state index contributed by atoms with van der Waals surface area (Å²) in [5.41, 5.74) is 3.65. The van der Waals surface area contributed by atoms with Crippen LogP contribution in [0.5, 0.6) is 11.5 Å². The molecule has 0 aromatic heterocycles. The molecular formula is C19H19N3O4. The lowest BCUT2D eigenvalue weighted by Crippen LogP contribution is -2.30. The molecule has 1 aliphatic rings. The number of benzene rings is 2. The van der Waals surface area contributed by atoms with Gasteiger partial charge in [-0.3, -0.25) is 9.59 Å². The highest BCUT2D eigenvalue weighted by Crippen LogP contribution is 2.26. The normalized spacial score (nSPS) is 16.9. The summed E-state index contributed by atoms with van der Waals surface area (Å²) in [6.07, 6.45) is 1.50. The molecule has 0 aliphatic carbocycles. The molecule has 0 unspecified atom stereocenters. The lowest BCUT2D eigenvalue weighted by atomic mass is 10.1. The molecule has 1 aliphatic heterocycles. The third-order valence-electron chi connectivity index (χ3n) is 4.20. The Morgan fingerprint density at radius 1 is 1.27 bits per heavy atom. The van der Waals surface area contributed by atoms with Crippen LogP contribution in [0.4, 0.5) is 5.69 Å². The molecule has 2 aromatic rings. The first-order valence-electron chi connectivity index (χ1n) is 8.14. The maximum atomic E-state index is 12.3. The number of amides is 2. The highest BCUT2D eigenvalue weighted by molar-refractivity contribution is 6.00. The number of rotatable bonds is 5. The lowest BCUT2D eigenvalue weighted by molar-refractivity contribution is -0.126. The molecule has 0 spiro atoms. The zero-order chi connectivity index (χ0) is 18.5. The molecule has 26 heavy (non-hydrogen) atoms. The quantitative estimate of drug-likeness (QED) is 0.634. The number of phenols is 1. The van der Waals surface area contributed by atoms with E-state index in [1.165, 1.54) is 12.3 Å². The van der Waals surface area contributed by atoms with Crippen LogP contribution in [0.1, 0.15) is 12.0 Å². The number of hydrogen-bond donors (Lipinski definition) is 2. The van der Waals surface area contributed by atoms with Crippen molar-refractivity contribution in [1.29, 1.82) is 0 Å². The summed E-state index contributed by atoms with van der Waals surface area (Å²) in [4.78, 5) is 26.1. The topological polar surface area (TPSA) is 91.2 Å². The van der Waals surface area contributed by atoms with E-state index in [4.69, 9.17) is 4.74 Å². The Balaban J connectivity index is 1.60. The highest BCUT2D eigenvalue weighted by atomic mass is 16.5. The van der Waals surface area contributed by atoms with E-state index in [1.54, 1.807) is 54.5 Å². The van der Waals surface area contributed by atoms with Crippen molar-refractivity contribution in [3.63, 3.8) is 0 Å². The first-order valence-corrected chi connectivity index (χ1v) is 8.14. The third-order valence-corrected chi connectivity index (χ3v) is 4.20. The zero-order valence-corrected chi connectivity index (χ0v) is 14.3. The molecule has 1 heterocycles. The minimum atomic E-state index is -0.480. The summed E-state index contributed by atoms with van der Waals surface area (Å²) in [5, 5.41) is 13.5. The summed E-state index contributed by atoms with van der Waals surface area (Å²) in [6, 6.07) is 13.8. The SMILES string of the molecule is COc1ccc(N2C[C@@H](C(=O)N/N=C\c3ccccc3O)CC2=O)cc1. The maximum Gasteiger partial charge on any atom is 0.245 e. The number of anilines is 1. The molecular weight excluding hydrogens is 334 g/mol. The number of carbonyl (C=O) groups is 2. The molecule has 3 rings (SSSR count). The van der Waals surface area contributed by atoms with Gasteiger partial charge in [0.25, 0.3) is 0 Å². The number of para-hydroxylation sites is 1. The van der Waals surface area contributed by atoms with Gasteiger partial charge in [-0.25, -0.2) is 5.43 Å². The molecule has 2 amide bonds. The van der Waals surface area contributed by atoms with Crippen LogP contribution in [-0.4, -0.2) is 36.8 Å².